The Kier molecular flexibility index (Phi) is 12.1. The van der Waals surface area contributed by atoms with Crippen molar-refractivity contribution in [2.24, 2.45) is 5.92 Å². The number of amides is 1. The van der Waals surface area contributed by atoms with E-state index in [1.807, 2.05) is 102 Å². The molecule has 0 aliphatic carbocycles. The predicted molar refractivity (Wildman–Crippen MR) is 173 cm³/mol. The fourth-order valence-corrected chi connectivity index (χ4v) is 4.32. The highest BCUT2D eigenvalue weighted by Gasteiger charge is 2.18. The van der Waals surface area contributed by atoms with Gasteiger partial charge >= 0.3 is 12.1 Å². The molecule has 2 N–H and O–H groups in total. The summed E-state index contributed by atoms with van der Waals surface area (Å²) in [6.07, 6.45) is 5.28. The summed E-state index contributed by atoms with van der Waals surface area (Å²) in [6, 6.07) is 17.1. The number of esters is 1. The quantitative estimate of drug-likeness (QED) is 0.123. The van der Waals surface area contributed by atoms with Crippen LogP contribution in [-0.4, -0.2) is 34.4 Å². The number of alkyl carbamates (subject to hydrolysis) is 1. The molecule has 1 amide bonds. The Morgan fingerprint density at radius 1 is 1.02 bits per heavy atom. The summed E-state index contributed by atoms with van der Waals surface area (Å²) in [6.45, 7) is 13.6. The number of hydrogen-bond acceptors (Lipinski definition) is 7. The first-order valence-corrected chi connectivity index (χ1v) is 15.0. The minimum atomic E-state index is -0.597. The van der Waals surface area contributed by atoms with Crippen LogP contribution in [0.15, 0.2) is 84.6 Å². The minimum absolute atomic E-state index is 0.0530. The van der Waals surface area contributed by atoms with Gasteiger partial charge in [0.15, 0.2) is 0 Å². The first kappa shape index (κ1) is 33.9. The summed E-state index contributed by atoms with van der Waals surface area (Å²) in [5.74, 6) is 0.905. The number of aromatic nitrogens is 1. The normalized spacial score (nSPS) is 12.4. The third kappa shape index (κ3) is 10.3. The zero-order valence-electron chi connectivity index (χ0n) is 26.8. The van der Waals surface area contributed by atoms with Crippen LogP contribution in [0.2, 0.25) is 0 Å². The third-order valence-electron chi connectivity index (χ3n) is 6.51. The number of carbonyl (C=O) groups excluding carboxylic acids is 2. The highest BCUT2D eigenvalue weighted by Crippen LogP contribution is 2.32. The van der Waals surface area contributed by atoms with Gasteiger partial charge in [0.2, 0.25) is 0 Å². The first-order chi connectivity index (χ1) is 20.9. The van der Waals surface area contributed by atoms with Crippen LogP contribution in [-0.2, 0) is 27.2 Å². The zero-order valence-corrected chi connectivity index (χ0v) is 26.8. The van der Waals surface area contributed by atoms with Gasteiger partial charge in [-0.25, -0.2) is 4.79 Å². The highest BCUT2D eigenvalue weighted by atomic mass is 16.6. The van der Waals surface area contributed by atoms with Crippen LogP contribution < -0.4 is 10.1 Å². The molecule has 1 heterocycles. The summed E-state index contributed by atoms with van der Waals surface area (Å²) < 4.78 is 17.1. The van der Waals surface area contributed by atoms with E-state index < -0.39 is 11.7 Å². The number of rotatable bonds is 12. The van der Waals surface area contributed by atoms with Gasteiger partial charge in [-0.2, -0.15) is 0 Å². The molecule has 0 spiro atoms. The SMILES string of the molecule is CCOC(=O)Cc1ccc(-c2cccnc2)cc1O/C(=C/C(=C(/O)CC)c1cccc(CNC(=O)OC(C)(C)C)c1)C(C)C. The van der Waals surface area contributed by atoms with E-state index >= 15 is 0 Å². The molecular formula is C36H44N2O6. The van der Waals surface area contributed by atoms with Crippen molar-refractivity contribution in [2.45, 2.75) is 73.5 Å². The van der Waals surface area contributed by atoms with Crippen LogP contribution in [0.4, 0.5) is 4.79 Å². The molecule has 0 unspecified atom stereocenters. The Morgan fingerprint density at radius 2 is 1.80 bits per heavy atom. The molecule has 0 aliphatic heterocycles. The zero-order chi connectivity index (χ0) is 32.3. The van der Waals surface area contributed by atoms with Gasteiger partial charge in [0.1, 0.15) is 17.1 Å². The molecule has 3 aromatic rings. The largest absolute Gasteiger partial charge is 0.512 e. The molecule has 0 fully saturated rings. The molecule has 44 heavy (non-hydrogen) atoms. The average Bonchev–Trinajstić information content (AvgIpc) is 2.98. The van der Waals surface area contributed by atoms with E-state index in [0.29, 0.717) is 29.1 Å². The number of hydrogen-bond donors (Lipinski definition) is 2. The van der Waals surface area contributed by atoms with E-state index in [1.54, 1.807) is 19.3 Å². The van der Waals surface area contributed by atoms with Crippen molar-refractivity contribution in [3.63, 3.8) is 0 Å². The summed E-state index contributed by atoms with van der Waals surface area (Å²) in [7, 11) is 0. The lowest BCUT2D eigenvalue weighted by atomic mass is 9.98. The number of benzene rings is 2. The van der Waals surface area contributed by atoms with Gasteiger partial charge < -0.3 is 24.6 Å². The second kappa shape index (κ2) is 15.8. The van der Waals surface area contributed by atoms with Crippen molar-refractivity contribution in [1.29, 1.82) is 0 Å². The van der Waals surface area contributed by atoms with Gasteiger partial charge in [-0.15, -0.1) is 0 Å². The molecule has 0 bridgehead atoms. The van der Waals surface area contributed by atoms with Crippen molar-refractivity contribution >= 4 is 17.6 Å². The molecule has 0 saturated heterocycles. The Balaban J connectivity index is 2.00. The van der Waals surface area contributed by atoms with Gasteiger partial charge in [-0.05, 0) is 68.7 Å². The maximum Gasteiger partial charge on any atom is 0.407 e. The topological polar surface area (TPSA) is 107 Å². The number of pyridine rings is 1. The molecule has 0 saturated carbocycles. The van der Waals surface area contributed by atoms with Gasteiger partial charge in [-0.3, -0.25) is 9.78 Å². The summed E-state index contributed by atoms with van der Waals surface area (Å²) >= 11 is 0. The Hall–Kier alpha value is -4.59. The van der Waals surface area contributed by atoms with E-state index in [4.69, 9.17) is 14.2 Å². The van der Waals surface area contributed by atoms with E-state index in [2.05, 4.69) is 10.3 Å². The van der Waals surface area contributed by atoms with Gasteiger partial charge in [0, 0.05) is 48.0 Å². The van der Waals surface area contributed by atoms with Crippen molar-refractivity contribution in [2.75, 3.05) is 6.61 Å². The number of allylic oxidation sites excluding steroid dienone is 4. The van der Waals surface area contributed by atoms with Crippen LogP contribution >= 0.6 is 0 Å². The van der Waals surface area contributed by atoms with E-state index in [-0.39, 0.29) is 37.2 Å². The van der Waals surface area contributed by atoms with E-state index in [9.17, 15) is 14.7 Å². The van der Waals surface area contributed by atoms with Crippen LogP contribution in [0.1, 0.15) is 71.6 Å². The fraction of sp³-hybridized carbons (Fsp3) is 0.361. The molecule has 0 atom stereocenters. The van der Waals surface area contributed by atoms with Crippen LogP contribution in [0.5, 0.6) is 5.75 Å². The van der Waals surface area contributed by atoms with Crippen molar-refractivity contribution in [3.8, 4) is 16.9 Å². The lowest BCUT2D eigenvalue weighted by Crippen LogP contribution is -2.32. The summed E-state index contributed by atoms with van der Waals surface area (Å²) in [4.78, 5) is 28.9. The van der Waals surface area contributed by atoms with E-state index in [0.717, 1.165) is 22.3 Å². The molecule has 0 aliphatic rings. The van der Waals surface area contributed by atoms with Crippen LogP contribution in [0, 0.1) is 5.92 Å². The van der Waals surface area contributed by atoms with Crippen molar-refractivity contribution < 1.29 is 28.9 Å². The molecule has 1 aromatic heterocycles. The number of nitrogens with zero attached hydrogens (tertiary/aromatic N) is 1. The molecule has 234 valence electrons. The minimum Gasteiger partial charge on any atom is -0.512 e. The lowest BCUT2D eigenvalue weighted by Gasteiger charge is -2.20. The number of aliphatic hydroxyl groups excluding tert-OH is 1. The molecular weight excluding hydrogens is 556 g/mol. The van der Waals surface area contributed by atoms with E-state index in [1.165, 1.54) is 0 Å². The second-order valence-electron chi connectivity index (χ2n) is 11.6. The van der Waals surface area contributed by atoms with Crippen molar-refractivity contribution in [3.05, 3.63) is 101 Å². The maximum absolute atomic E-state index is 12.4. The first-order valence-electron chi connectivity index (χ1n) is 15.0. The lowest BCUT2D eigenvalue weighted by molar-refractivity contribution is -0.142. The van der Waals surface area contributed by atoms with Gasteiger partial charge in [0.25, 0.3) is 0 Å². The second-order valence-corrected chi connectivity index (χ2v) is 11.6. The summed E-state index contributed by atoms with van der Waals surface area (Å²) in [5.41, 5.74) is 4.10. The standard InChI is InChI=1S/C36H44N2O6/c1-8-31(39)30(27-13-10-12-25(18-27)22-38-35(41)44-36(5,6)7)21-32(24(3)4)43-33-19-26(29-14-11-17-37-23-29)15-16-28(33)20-34(40)42-9-2/h10-19,21,23-24,39H,8-9,20,22H2,1-7H3,(H,38,41)/b31-30-,32-21+. The molecule has 2 aromatic carbocycles. The molecule has 0 radical (unpaired) electrons. The Morgan fingerprint density at radius 3 is 2.43 bits per heavy atom. The third-order valence-corrected chi connectivity index (χ3v) is 6.51. The maximum atomic E-state index is 12.4. The predicted octanol–water partition coefficient (Wildman–Crippen LogP) is 8.18. The fourth-order valence-electron chi connectivity index (χ4n) is 4.32. The van der Waals surface area contributed by atoms with Crippen molar-refractivity contribution in [1.82, 2.24) is 10.3 Å². The number of nitrogens with one attached hydrogen (secondary N) is 1. The van der Waals surface area contributed by atoms with Crippen LogP contribution in [0.3, 0.4) is 0 Å². The van der Waals surface area contributed by atoms with Crippen LogP contribution in [0.25, 0.3) is 16.7 Å². The number of carbonyl (C=O) groups is 2. The molecule has 8 heteroatoms. The number of aliphatic hydroxyl groups is 1. The Labute approximate surface area is 260 Å². The average molecular weight is 601 g/mol. The monoisotopic (exact) mass is 600 g/mol. The van der Waals surface area contributed by atoms with Gasteiger partial charge in [-0.1, -0.05) is 57.2 Å². The number of ether oxygens (including phenoxy) is 3. The Bertz CT molecular complexity index is 1490. The highest BCUT2D eigenvalue weighted by molar-refractivity contribution is 5.77. The molecule has 3 rings (SSSR count). The smallest absolute Gasteiger partial charge is 0.407 e. The summed E-state index contributed by atoms with van der Waals surface area (Å²) in [5, 5.41) is 13.8. The van der Waals surface area contributed by atoms with Gasteiger partial charge in [0.05, 0.1) is 18.8 Å². The molecule has 8 nitrogen and oxygen atoms in total.